The van der Waals surface area contributed by atoms with Crippen LogP contribution in [0.25, 0.3) is 16.3 Å². The highest BCUT2D eigenvalue weighted by molar-refractivity contribution is 7.18. The predicted octanol–water partition coefficient (Wildman–Crippen LogP) is 4.74. The third kappa shape index (κ3) is 4.38. The van der Waals surface area contributed by atoms with Gasteiger partial charge in [0.2, 0.25) is 5.91 Å². The van der Waals surface area contributed by atoms with Gasteiger partial charge >= 0.3 is 0 Å². The Balaban J connectivity index is 1.38. The maximum atomic E-state index is 12.6. The number of fused-ring (bicyclic) bond motifs is 1. The number of hydrogen-bond acceptors (Lipinski definition) is 5. The number of hydrogen-bond donors (Lipinski definition) is 0. The predicted molar refractivity (Wildman–Crippen MR) is 125 cm³/mol. The van der Waals surface area contributed by atoms with Crippen LogP contribution < -0.4 is 4.90 Å². The first-order valence-corrected chi connectivity index (χ1v) is 11.4. The van der Waals surface area contributed by atoms with Gasteiger partial charge in [0, 0.05) is 37.1 Å². The second-order valence-electron chi connectivity index (χ2n) is 7.95. The van der Waals surface area contributed by atoms with Crippen molar-refractivity contribution in [3.05, 3.63) is 58.7 Å². The average molecular weight is 421 g/mol. The number of aryl methyl sites for hydroxylation is 1. The Hall–Kier alpha value is -2.73. The molecule has 1 aliphatic rings. The van der Waals surface area contributed by atoms with Crippen LogP contribution in [0.1, 0.15) is 42.7 Å². The van der Waals surface area contributed by atoms with E-state index in [1.54, 1.807) is 23.7 Å². The van der Waals surface area contributed by atoms with Gasteiger partial charge in [-0.05, 0) is 35.6 Å². The number of piperazine rings is 1. The van der Waals surface area contributed by atoms with E-state index in [2.05, 4.69) is 66.0 Å². The molecule has 30 heavy (non-hydrogen) atoms. The molecule has 0 atom stereocenters. The zero-order valence-electron chi connectivity index (χ0n) is 17.8. The van der Waals surface area contributed by atoms with Gasteiger partial charge in [0.05, 0.1) is 5.39 Å². The van der Waals surface area contributed by atoms with E-state index < -0.39 is 0 Å². The number of anilines is 1. The fourth-order valence-corrected chi connectivity index (χ4v) is 4.65. The first kappa shape index (κ1) is 20.5. The first-order chi connectivity index (χ1) is 14.5. The summed E-state index contributed by atoms with van der Waals surface area (Å²) in [6, 6.07) is 10.6. The molecule has 0 radical (unpaired) electrons. The summed E-state index contributed by atoms with van der Waals surface area (Å²) >= 11 is 1.74. The monoisotopic (exact) mass is 420 g/mol. The summed E-state index contributed by atoms with van der Waals surface area (Å²) in [6.45, 7) is 9.49. The normalized spacial score (nSPS) is 14.9. The molecule has 1 amide bonds. The van der Waals surface area contributed by atoms with Crippen LogP contribution in [0.3, 0.4) is 0 Å². The van der Waals surface area contributed by atoms with E-state index in [0.29, 0.717) is 19.0 Å². The summed E-state index contributed by atoms with van der Waals surface area (Å²) in [5.41, 5.74) is 2.36. The van der Waals surface area contributed by atoms with E-state index >= 15 is 0 Å². The van der Waals surface area contributed by atoms with Gasteiger partial charge in [-0.3, -0.25) is 4.79 Å². The highest BCUT2D eigenvalue weighted by Crippen LogP contribution is 2.31. The molecule has 0 spiro atoms. The second-order valence-corrected chi connectivity index (χ2v) is 9.06. The molecule has 0 aliphatic carbocycles. The highest BCUT2D eigenvalue weighted by atomic mass is 32.1. The summed E-state index contributed by atoms with van der Waals surface area (Å²) in [6.07, 6.45) is 6.26. The van der Waals surface area contributed by atoms with Crippen LogP contribution in [-0.4, -0.2) is 47.0 Å². The molecule has 0 bridgehead atoms. The number of nitrogens with zero attached hydrogens (tertiary/aromatic N) is 4. The molecule has 3 aromatic rings. The lowest BCUT2D eigenvalue weighted by molar-refractivity contribution is -0.126. The van der Waals surface area contributed by atoms with Crippen molar-refractivity contribution in [1.82, 2.24) is 14.9 Å². The summed E-state index contributed by atoms with van der Waals surface area (Å²) in [7, 11) is 0. The fourth-order valence-electron chi connectivity index (χ4n) is 3.72. The molecule has 6 heteroatoms. The Morgan fingerprint density at radius 2 is 1.87 bits per heavy atom. The Kier molecular flexibility index (Phi) is 6.13. The van der Waals surface area contributed by atoms with Gasteiger partial charge in [-0.2, -0.15) is 0 Å². The minimum atomic E-state index is 0.0687. The number of carbonyl (C=O) groups excluding carboxylic acids is 1. The molecule has 4 rings (SSSR count). The van der Waals surface area contributed by atoms with Crippen molar-refractivity contribution in [3.8, 4) is 0 Å². The van der Waals surface area contributed by atoms with Crippen LogP contribution in [0.2, 0.25) is 0 Å². The Morgan fingerprint density at radius 3 is 2.53 bits per heavy atom. The topological polar surface area (TPSA) is 49.3 Å². The van der Waals surface area contributed by atoms with E-state index in [-0.39, 0.29) is 5.91 Å². The minimum absolute atomic E-state index is 0.0687. The van der Waals surface area contributed by atoms with E-state index in [1.807, 2.05) is 11.0 Å². The van der Waals surface area contributed by atoms with Crippen LogP contribution >= 0.6 is 11.3 Å². The SMILES string of the molecule is CCc1cc2c(N3CCN(C(=O)/C=C/c4ccc(C(C)C)cc4)CC3)ncnc2s1. The van der Waals surface area contributed by atoms with E-state index in [4.69, 9.17) is 0 Å². The van der Waals surface area contributed by atoms with Crippen molar-refractivity contribution in [2.45, 2.75) is 33.1 Å². The lowest BCUT2D eigenvalue weighted by atomic mass is 10.0. The van der Waals surface area contributed by atoms with Gasteiger partial charge in [0.15, 0.2) is 0 Å². The van der Waals surface area contributed by atoms with Gasteiger partial charge in [0.25, 0.3) is 0 Å². The van der Waals surface area contributed by atoms with Gasteiger partial charge < -0.3 is 9.80 Å². The highest BCUT2D eigenvalue weighted by Gasteiger charge is 2.22. The Bertz CT molecular complexity index is 1050. The number of aromatic nitrogens is 2. The third-order valence-electron chi connectivity index (χ3n) is 5.62. The number of thiophene rings is 1. The van der Waals surface area contributed by atoms with Crippen molar-refractivity contribution >= 4 is 39.4 Å². The van der Waals surface area contributed by atoms with Crippen LogP contribution in [0, 0.1) is 0 Å². The zero-order chi connectivity index (χ0) is 21.1. The summed E-state index contributed by atoms with van der Waals surface area (Å²) < 4.78 is 0. The van der Waals surface area contributed by atoms with Crippen molar-refractivity contribution < 1.29 is 4.79 Å². The zero-order valence-corrected chi connectivity index (χ0v) is 18.7. The van der Waals surface area contributed by atoms with Crippen LogP contribution in [0.5, 0.6) is 0 Å². The molecule has 0 saturated carbocycles. The first-order valence-electron chi connectivity index (χ1n) is 10.6. The Morgan fingerprint density at radius 1 is 1.13 bits per heavy atom. The molecule has 156 valence electrons. The maximum absolute atomic E-state index is 12.6. The van der Waals surface area contributed by atoms with E-state index in [9.17, 15) is 4.79 Å². The van der Waals surface area contributed by atoms with E-state index in [1.165, 1.54) is 10.4 Å². The number of benzene rings is 1. The lowest BCUT2D eigenvalue weighted by Crippen LogP contribution is -2.48. The van der Waals surface area contributed by atoms with Crippen LogP contribution in [0.15, 0.2) is 42.7 Å². The number of carbonyl (C=O) groups is 1. The summed E-state index contributed by atoms with van der Waals surface area (Å²) in [4.78, 5) is 28.2. The molecule has 1 aromatic carbocycles. The second kappa shape index (κ2) is 8.96. The molecule has 1 aliphatic heterocycles. The van der Waals surface area contributed by atoms with Crippen molar-refractivity contribution in [1.29, 1.82) is 0 Å². The molecule has 2 aromatic heterocycles. The maximum Gasteiger partial charge on any atom is 0.246 e. The van der Waals surface area contributed by atoms with Crippen LogP contribution in [0.4, 0.5) is 5.82 Å². The smallest absolute Gasteiger partial charge is 0.246 e. The quantitative estimate of drug-likeness (QED) is 0.560. The van der Waals surface area contributed by atoms with Gasteiger partial charge in [-0.1, -0.05) is 45.0 Å². The summed E-state index contributed by atoms with van der Waals surface area (Å²) in [5, 5.41) is 1.13. The van der Waals surface area contributed by atoms with Crippen molar-refractivity contribution in [2.24, 2.45) is 0 Å². The Labute approximate surface area is 182 Å². The molecule has 0 unspecified atom stereocenters. The molecular formula is C24H28N4OS. The fraction of sp³-hybridized carbons (Fsp3) is 0.375. The third-order valence-corrected chi connectivity index (χ3v) is 6.81. The molecule has 1 saturated heterocycles. The van der Waals surface area contributed by atoms with Crippen molar-refractivity contribution in [2.75, 3.05) is 31.1 Å². The van der Waals surface area contributed by atoms with Gasteiger partial charge in [-0.25, -0.2) is 9.97 Å². The standard InChI is InChI=1S/C24H28N4OS/c1-4-20-15-21-23(25-16-26-24(21)30-20)28-13-11-27(12-14-28)22(29)10-7-18-5-8-19(9-6-18)17(2)3/h5-10,15-17H,4,11-14H2,1-3H3/b10-7+. The molecule has 5 nitrogen and oxygen atoms in total. The molecule has 1 fully saturated rings. The summed E-state index contributed by atoms with van der Waals surface area (Å²) in [5.74, 6) is 1.57. The minimum Gasteiger partial charge on any atom is -0.352 e. The van der Waals surface area contributed by atoms with Crippen molar-refractivity contribution in [3.63, 3.8) is 0 Å². The van der Waals surface area contributed by atoms with E-state index in [0.717, 1.165) is 41.1 Å². The molecule has 0 N–H and O–H groups in total. The van der Waals surface area contributed by atoms with Gasteiger partial charge in [-0.15, -0.1) is 11.3 Å². The van der Waals surface area contributed by atoms with Crippen LogP contribution in [-0.2, 0) is 11.2 Å². The lowest BCUT2D eigenvalue weighted by Gasteiger charge is -2.35. The van der Waals surface area contributed by atoms with Gasteiger partial charge in [0.1, 0.15) is 17.0 Å². The number of amides is 1. The number of rotatable bonds is 5. The largest absolute Gasteiger partial charge is 0.352 e. The average Bonchev–Trinajstić information content (AvgIpc) is 3.21. The molecular weight excluding hydrogens is 392 g/mol. The molecule has 3 heterocycles.